The molecule has 5 rings (SSSR count). The van der Waals surface area contributed by atoms with Crippen molar-refractivity contribution in [1.82, 2.24) is 4.90 Å². The van der Waals surface area contributed by atoms with Crippen LogP contribution in [0.25, 0.3) is 0 Å². The molecule has 12 heteroatoms. The van der Waals surface area contributed by atoms with E-state index in [9.17, 15) is 34.8 Å². The minimum atomic E-state index is -1.84. The van der Waals surface area contributed by atoms with E-state index in [4.69, 9.17) is 18.9 Å². The van der Waals surface area contributed by atoms with E-state index in [-0.39, 0.29) is 53.3 Å². The van der Waals surface area contributed by atoms with Crippen LogP contribution in [-0.2, 0) is 19.0 Å². The summed E-state index contributed by atoms with van der Waals surface area (Å²) in [5, 5.41) is 46.1. The molecule has 3 unspecified atom stereocenters. The Morgan fingerprint density at radius 3 is 2.33 bits per heavy atom. The molecule has 2 aromatic rings. The topological polar surface area (TPSA) is 172 Å². The Labute approximate surface area is 248 Å². The van der Waals surface area contributed by atoms with Gasteiger partial charge in [-0.3, -0.25) is 14.4 Å². The first kappa shape index (κ1) is 30.9. The monoisotopic (exact) mass is 599 g/mol. The van der Waals surface area contributed by atoms with Crippen LogP contribution in [0.5, 0.6) is 17.2 Å². The zero-order valence-corrected chi connectivity index (χ0v) is 24.9. The van der Waals surface area contributed by atoms with Gasteiger partial charge < -0.3 is 44.3 Å². The molecule has 12 nitrogen and oxygen atoms in total. The van der Waals surface area contributed by atoms with Crippen LogP contribution in [0.1, 0.15) is 88.1 Å². The number of fused-ring (bicyclic) bond motifs is 3. The highest BCUT2D eigenvalue weighted by Gasteiger charge is 2.55. The summed E-state index contributed by atoms with van der Waals surface area (Å²) in [6.45, 7) is 3.33. The van der Waals surface area contributed by atoms with E-state index in [0.29, 0.717) is 0 Å². The minimum absolute atomic E-state index is 0.0111. The predicted octanol–water partition coefficient (Wildman–Crippen LogP) is 2.17. The number of phenols is 2. The largest absolute Gasteiger partial charge is 0.507 e. The standard InChI is InChI=1S/C31H37NO11/c1-7-31(39)12-17(43-18-11-15(32(3)4)25(33)13(2)42-18)20-21(24(31)30(38)41-6)29(37)22-23(28(20)36)27(35)19-14(26(22)34)9-8-10-16(19)40-5/h8-10,13,15,17-18,24-25,33,36-37,39H,7,11-12H2,1-6H3/t13-,15-,17?,18-,24?,25+,31?/m0/s1. The molecule has 2 aliphatic carbocycles. The number of benzene rings is 2. The van der Waals surface area contributed by atoms with Crippen LogP contribution in [0.2, 0.25) is 0 Å². The van der Waals surface area contributed by atoms with Gasteiger partial charge in [-0.1, -0.05) is 19.1 Å². The summed E-state index contributed by atoms with van der Waals surface area (Å²) in [6, 6.07) is 4.07. The van der Waals surface area contributed by atoms with Crippen molar-refractivity contribution in [2.45, 2.75) is 75.3 Å². The molecule has 1 aliphatic heterocycles. The van der Waals surface area contributed by atoms with Crippen LogP contribution in [0, 0.1) is 0 Å². The van der Waals surface area contributed by atoms with Gasteiger partial charge in [0.25, 0.3) is 0 Å². The summed E-state index contributed by atoms with van der Waals surface area (Å²) < 4.78 is 22.6. The highest BCUT2D eigenvalue weighted by Crippen LogP contribution is 2.57. The number of phenolic OH excluding ortho intramolecular Hbond substituents is 2. The molecule has 4 N–H and O–H groups in total. The number of hydrogen-bond donors (Lipinski definition) is 4. The number of aliphatic hydroxyl groups excluding tert-OH is 1. The highest BCUT2D eigenvalue weighted by molar-refractivity contribution is 6.31. The van der Waals surface area contributed by atoms with Crippen molar-refractivity contribution in [2.75, 3.05) is 28.3 Å². The molecule has 3 aliphatic rings. The number of likely N-dealkylation sites (N-methyl/N-ethyl adjacent to an activating group) is 1. The van der Waals surface area contributed by atoms with Crippen LogP contribution in [0.4, 0.5) is 0 Å². The molecule has 2 aromatic carbocycles. The van der Waals surface area contributed by atoms with Gasteiger partial charge in [0.2, 0.25) is 5.78 Å². The second-order valence-electron chi connectivity index (χ2n) is 11.6. The molecule has 7 atom stereocenters. The van der Waals surface area contributed by atoms with Gasteiger partial charge in [-0.05, 0) is 33.5 Å². The number of nitrogens with zero attached hydrogens (tertiary/aromatic N) is 1. The van der Waals surface area contributed by atoms with E-state index in [0.717, 1.165) is 7.11 Å². The summed E-state index contributed by atoms with van der Waals surface area (Å²) >= 11 is 0. The van der Waals surface area contributed by atoms with E-state index in [1.54, 1.807) is 27.9 Å². The maximum atomic E-state index is 13.9. The molecule has 1 heterocycles. The van der Waals surface area contributed by atoms with E-state index in [1.807, 2.05) is 4.90 Å². The van der Waals surface area contributed by atoms with Crippen molar-refractivity contribution in [1.29, 1.82) is 0 Å². The first-order chi connectivity index (χ1) is 20.3. The molecule has 0 radical (unpaired) electrons. The second-order valence-corrected chi connectivity index (χ2v) is 11.6. The number of ketones is 2. The fourth-order valence-corrected chi connectivity index (χ4v) is 6.75. The minimum Gasteiger partial charge on any atom is -0.507 e. The summed E-state index contributed by atoms with van der Waals surface area (Å²) in [6.07, 6.45) is -3.59. The number of methoxy groups -OCH3 is 2. The second kappa shape index (κ2) is 11.2. The number of aromatic hydroxyl groups is 2. The molecule has 1 fully saturated rings. The summed E-state index contributed by atoms with van der Waals surface area (Å²) in [4.78, 5) is 42.7. The molecule has 0 amide bonds. The maximum Gasteiger partial charge on any atom is 0.316 e. The molecule has 0 saturated carbocycles. The van der Waals surface area contributed by atoms with Gasteiger partial charge >= 0.3 is 5.97 Å². The lowest BCUT2D eigenvalue weighted by molar-refractivity contribution is -0.258. The van der Waals surface area contributed by atoms with Gasteiger partial charge in [0.15, 0.2) is 12.1 Å². The smallest absolute Gasteiger partial charge is 0.316 e. The number of ether oxygens (including phenoxy) is 4. The van der Waals surface area contributed by atoms with Crippen molar-refractivity contribution >= 4 is 17.5 Å². The number of carbonyl (C=O) groups is 3. The van der Waals surface area contributed by atoms with Gasteiger partial charge in [0, 0.05) is 35.6 Å². The predicted molar refractivity (Wildman–Crippen MR) is 151 cm³/mol. The Morgan fingerprint density at radius 1 is 1.07 bits per heavy atom. The molecular formula is C31H37NO11. The van der Waals surface area contributed by atoms with Crippen molar-refractivity contribution in [3.8, 4) is 17.2 Å². The first-order valence-corrected chi connectivity index (χ1v) is 14.1. The Morgan fingerprint density at radius 2 is 1.72 bits per heavy atom. The number of rotatable bonds is 6. The zero-order chi connectivity index (χ0) is 31.5. The Hall–Kier alpha value is -3.55. The lowest BCUT2D eigenvalue weighted by atomic mass is 9.66. The van der Waals surface area contributed by atoms with Crippen molar-refractivity contribution in [3.63, 3.8) is 0 Å². The number of esters is 1. The fourth-order valence-electron chi connectivity index (χ4n) is 6.75. The van der Waals surface area contributed by atoms with Gasteiger partial charge in [0.1, 0.15) is 23.2 Å². The summed E-state index contributed by atoms with van der Waals surface area (Å²) in [5.74, 6) is -5.25. The fraction of sp³-hybridized carbons (Fsp3) is 0.516. The third-order valence-corrected chi connectivity index (χ3v) is 9.09. The summed E-state index contributed by atoms with van der Waals surface area (Å²) in [5.41, 5.74) is -3.31. The van der Waals surface area contributed by atoms with Gasteiger partial charge in [-0.2, -0.15) is 0 Å². The van der Waals surface area contributed by atoms with Crippen LogP contribution in [0.3, 0.4) is 0 Å². The van der Waals surface area contributed by atoms with E-state index in [1.165, 1.54) is 25.3 Å². The third-order valence-electron chi connectivity index (χ3n) is 9.09. The van der Waals surface area contributed by atoms with Crippen molar-refractivity contribution in [2.24, 2.45) is 0 Å². The van der Waals surface area contributed by atoms with Crippen LogP contribution >= 0.6 is 0 Å². The average molecular weight is 600 g/mol. The molecule has 1 saturated heterocycles. The van der Waals surface area contributed by atoms with Crippen molar-refractivity contribution in [3.05, 3.63) is 51.6 Å². The number of carbonyl (C=O) groups excluding carboxylic acids is 3. The lowest BCUT2D eigenvalue weighted by Crippen LogP contribution is -2.54. The average Bonchev–Trinajstić information content (AvgIpc) is 2.98. The molecular weight excluding hydrogens is 562 g/mol. The van der Waals surface area contributed by atoms with Crippen LogP contribution in [0.15, 0.2) is 18.2 Å². The number of hydrogen-bond acceptors (Lipinski definition) is 12. The van der Waals surface area contributed by atoms with E-state index >= 15 is 0 Å². The molecule has 0 aromatic heterocycles. The van der Waals surface area contributed by atoms with Crippen LogP contribution in [-0.4, -0.2) is 101 Å². The zero-order valence-electron chi connectivity index (χ0n) is 24.9. The van der Waals surface area contributed by atoms with Gasteiger partial charge in [-0.15, -0.1) is 0 Å². The van der Waals surface area contributed by atoms with Crippen LogP contribution < -0.4 is 4.74 Å². The molecule has 0 spiro atoms. The molecule has 43 heavy (non-hydrogen) atoms. The molecule has 232 valence electrons. The van der Waals surface area contributed by atoms with E-state index < -0.39 is 76.3 Å². The Bertz CT molecular complexity index is 1490. The maximum absolute atomic E-state index is 13.9. The Balaban J connectivity index is 1.74. The van der Waals surface area contributed by atoms with Gasteiger partial charge in [0.05, 0.1) is 54.8 Å². The number of aliphatic hydroxyl groups is 2. The summed E-state index contributed by atoms with van der Waals surface area (Å²) in [7, 11) is 6.07. The third kappa shape index (κ3) is 4.68. The van der Waals surface area contributed by atoms with Crippen molar-refractivity contribution < 1.29 is 53.8 Å². The molecule has 0 bridgehead atoms. The SMILES string of the molecule is CCC1(O)CC(O[C@H]2C[C@H](N(C)C)[C@H](O)[C@H](C)O2)c2c(O)c3c(c(O)c2C1C(=O)OC)C(=O)c1cccc(OC)c1C3=O. The first-order valence-electron chi connectivity index (χ1n) is 14.1. The lowest BCUT2D eigenvalue weighted by Gasteiger charge is -2.46. The normalized spacial score (nSPS) is 30.0. The Kier molecular flexibility index (Phi) is 8.03. The highest BCUT2D eigenvalue weighted by atomic mass is 16.7. The quantitative estimate of drug-likeness (QED) is 0.241. The van der Waals surface area contributed by atoms with E-state index in [2.05, 4.69) is 0 Å². The van der Waals surface area contributed by atoms with Gasteiger partial charge in [-0.25, -0.2) is 0 Å².